The molecule has 9 heteroatoms. The van der Waals surface area contributed by atoms with Gasteiger partial charge in [-0.15, -0.1) is 0 Å². The number of rotatable bonds is 6. The van der Waals surface area contributed by atoms with Crippen LogP contribution in [0, 0.1) is 0 Å². The molecule has 0 saturated heterocycles. The van der Waals surface area contributed by atoms with Crippen molar-refractivity contribution in [3.8, 4) is 5.75 Å². The topological polar surface area (TPSA) is 59.1 Å². The average Bonchev–Trinajstić information content (AvgIpc) is 2.64. The first-order valence-electron chi connectivity index (χ1n) is 8.71. The molecule has 0 bridgehead atoms. The average molecular weight is 467 g/mol. The molecular weight excluding hydrogens is 449 g/mol. The molecule has 0 radical (unpaired) electrons. The molecule has 0 atom stereocenters. The Balaban J connectivity index is 1.87. The summed E-state index contributed by atoms with van der Waals surface area (Å²) in [6.07, 6.45) is -3.84. The fraction of sp³-hybridized carbons (Fsp3) is 0.200. The fourth-order valence-corrected chi connectivity index (χ4v) is 2.70. The van der Waals surface area contributed by atoms with Gasteiger partial charge in [-0.05, 0) is 62.4 Å². The van der Waals surface area contributed by atoms with Gasteiger partial charge in [-0.25, -0.2) is 4.98 Å². The Morgan fingerprint density at radius 3 is 2.10 bits per heavy atom. The maximum absolute atomic E-state index is 13.4. The van der Waals surface area contributed by atoms with Gasteiger partial charge < -0.3 is 15.4 Å². The first kappa shape index (κ1) is 20.9. The predicted molar refractivity (Wildman–Crippen MR) is 110 cm³/mol. The lowest BCUT2D eigenvalue weighted by molar-refractivity contribution is -0.137. The van der Waals surface area contributed by atoms with E-state index in [2.05, 4.69) is 36.5 Å². The number of benzene rings is 2. The molecule has 29 heavy (non-hydrogen) atoms. The van der Waals surface area contributed by atoms with Gasteiger partial charge in [-0.2, -0.15) is 18.2 Å². The van der Waals surface area contributed by atoms with Gasteiger partial charge in [0.25, 0.3) is 0 Å². The molecule has 1 aromatic heterocycles. The van der Waals surface area contributed by atoms with Gasteiger partial charge in [0, 0.05) is 22.0 Å². The van der Waals surface area contributed by atoms with Gasteiger partial charge in [0.1, 0.15) is 17.1 Å². The molecule has 0 amide bonds. The summed E-state index contributed by atoms with van der Waals surface area (Å²) in [5.74, 6) is 0.328. The van der Waals surface area contributed by atoms with E-state index in [9.17, 15) is 13.2 Å². The minimum absolute atomic E-state index is 0.000233. The molecule has 0 spiro atoms. The van der Waals surface area contributed by atoms with Crippen LogP contribution in [0.3, 0.4) is 0 Å². The van der Waals surface area contributed by atoms with Crippen LogP contribution in [0.1, 0.15) is 19.4 Å². The molecular formula is C20H18BrF3N4O. The normalized spacial score (nSPS) is 11.4. The van der Waals surface area contributed by atoms with Crippen molar-refractivity contribution in [1.29, 1.82) is 0 Å². The smallest absolute Gasteiger partial charge is 0.421 e. The van der Waals surface area contributed by atoms with E-state index in [-0.39, 0.29) is 17.9 Å². The monoisotopic (exact) mass is 466 g/mol. The summed E-state index contributed by atoms with van der Waals surface area (Å²) < 4.78 is 46.6. The first-order chi connectivity index (χ1) is 13.7. The summed E-state index contributed by atoms with van der Waals surface area (Å²) in [7, 11) is 0. The van der Waals surface area contributed by atoms with Crippen molar-refractivity contribution >= 4 is 39.1 Å². The highest BCUT2D eigenvalue weighted by Crippen LogP contribution is 2.35. The van der Waals surface area contributed by atoms with E-state index >= 15 is 0 Å². The van der Waals surface area contributed by atoms with Crippen molar-refractivity contribution in [3.05, 3.63) is 64.8 Å². The summed E-state index contributed by atoms with van der Waals surface area (Å²) in [4.78, 5) is 7.82. The van der Waals surface area contributed by atoms with Crippen LogP contribution in [0.2, 0.25) is 0 Å². The second-order valence-corrected chi connectivity index (χ2v) is 7.32. The van der Waals surface area contributed by atoms with Crippen LogP contribution in [0.4, 0.5) is 36.3 Å². The molecule has 0 aliphatic heterocycles. The Morgan fingerprint density at radius 2 is 1.52 bits per heavy atom. The van der Waals surface area contributed by atoms with E-state index in [0.717, 1.165) is 10.7 Å². The van der Waals surface area contributed by atoms with Gasteiger partial charge >= 0.3 is 6.18 Å². The number of ether oxygens (including phenoxy) is 1. The van der Waals surface area contributed by atoms with E-state index in [1.54, 1.807) is 48.5 Å². The fourth-order valence-electron chi connectivity index (χ4n) is 2.43. The van der Waals surface area contributed by atoms with Crippen molar-refractivity contribution in [2.24, 2.45) is 0 Å². The Morgan fingerprint density at radius 1 is 0.931 bits per heavy atom. The molecule has 1 heterocycles. The van der Waals surface area contributed by atoms with Crippen LogP contribution in [0.25, 0.3) is 0 Å². The number of nitrogens with one attached hydrogen (secondary N) is 2. The Hall–Kier alpha value is -2.81. The number of hydrogen-bond donors (Lipinski definition) is 2. The number of hydrogen-bond acceptors (Lipinski definition) is 5. The second-order valence-electron chi connectivity index (χ2n) is 6.40. The predicted octanol–water partition coefficient (Wildman–Crippen LogP) is 6.53. The minimum Gasteiger partial charge on any atom is -0.491 e. The lowest BCUT2D eigenvalue weighted by atomic mass is 10.2. The molecule has 3 rings (SSSR count). The summed E-state index contributed by atoms with van der Waals surface area (Å²) in [6.45, 7) is 3.78. The maximum Gasteiger partial charge on any atom is 0.421 e. The molecule has 0 unspecified atom stereocenters. The second kappa shape index (κ2) is 8.69. The van der Waals surface area contributed by atoms with Gasteiger partial charge in [0.2, 0.25) is 5.95 Å². The van der Waals surface area contributed by atoms with Crippen LogP contribution in [-0.2, 0) is 6.18 Å². The molecule has 0 aliphatic carbocycles. The van der Waals surface area contributed by atoms with Crippen LogP contribution in [0.5, 0.6) is 5.75 Å². The van der Waals surface area contributed by atoms with Gasteiger partial charge in [-0.3, -0.25) is 0 Å². The Kier molecular flexibility index (Phi) is 6.26. The molecule has 3 aromatic rings. The lowest BCUT2D eigenvalue weighted by Gasteiger charge is -2.15. The van der Waals surface area contributed by atoms with Crippen LogP contribution in [0.15, 0.2) is 59.2 Å². The minimum atomic E-state index is -4.60. The summed E-state index contributed by atoms with van der Waals surface area (Å²) in [5.41, 5.74) is 0.135. The standard InChI is InChI=1S/C20H18BrF3N4O/c1-12(2)29-16-9-7-14(8-10-16)26-18-17(20(22,23)24)11-25-19(28-18)27-15-5-3-13(21)4-6-15/h3-12H,1-2H3,(H2,25,26,27,28). The van der Waals surface area contributed by atoms with Crippen molar-refractivity contribution in [1.82, 2.24) is 9.97 Å². The summed E-state index contributed by atoms with van der Waals surface area (Å²) >= 11 is 3.33. The number of nitrogens with zero attached hydrogens (tertiary/aromatic N) is 2. The Labute approximate surface area is 174 Å². The molecule has 5 nitrogen and oxygen atoms in total. The van der Waals surface area contributed by atoms with Gasteiger partial charge in [0.15, 0.2) is 0 Å². The van der Waals surface area contributed by atoms with E-state index in [4.69, 9.17) is 4.74 Å². The molecule has 0 fully saturated rings. The molecule has 2 aromatic carbocycles. The van der Waals surface area contributed by atoms with Crippen LogP contribution < -0.4 is 15.4 Å². The van der Waals surface area contributed by atoms with Crippen molar-refractivity contribution in [2.75, 3.05) is 10.6 Å². The zero-order valence-corrected chi connectivity index (χ0v) is 17.2. The van der Waals surface area contributed by atoms with Gasteiger partial charge in [0.05, 0.1) is 6.10 Å². The molecule has 0 aliphatic rings. The number of halogens is 4. The highest BCUT2D eigenvalue weighted by Gasteiger charge is 2.35. The maximum atomic E-state index is 13.4. The third-order valence-electron chi connectivity index (χ3n) is 3.68. The molecule has 152 valence electrons. The highest BCUT2D eigenvalue weighted by molar-refractivity contribution is 9.10. The van der Waals surface area contributed by atoms with Crippen molar-refractivity contribution in [3.63, 3.8) is 0 Å². The molecule has 2 N–H and O–H groups in total. The van der Waals surface area contributed by atoms with E-state index in [0.29, 0.717) is 17.1 Å². The lowest BCUT2D eigenvalue weighted by Crippen LogP contribution is -2.12. The first-order valence-corrected chi connectivity index (χ1v) is 9.50. The third-order valence-corrected chi connectivity index (χ3v) is 4.21. The SMILES string of the molecule is CC(C)Oc1ccc(Nc2nc(Nc3ccc(Br)cc3)ncc2C(F)(F)F)cc1. The van der Waals surface area contributed by atoms with Crippen molar-refractivity contribution < 1.29 is 17.9 Å². The van der Waals surface area contributed by atoms with E-state index < -0.39 is 11.7 Å². The summed E-state index contributed by atoms with van der Waals surface area (Å²) in [5, 5.41) is 5.62. The largest absolute Gasteiger partial charge is 0.491 e. The summed E-state index contributed by atoms with van der Waals surface area (Å²) in [6, 6.07) is 13.7. The highest BCUT2D eigenvalue weighted by atomic mass is 79.9. The van der Waals surface area contributed by atoms with E-state index in [1.807, 2.05) is 13.8 Å². The van der Waals surface area contributed by atoms with E-state index in [1.165, 1.54) is 0 Å². The molecule has 0 saturated carbocycles. The number of alkyl halides is 3. The zero-order valence-electron chi connectivity index (χ0n) is 15.6. The number of aromatic nitrogens is 2. The van der Waals surface area contributed by atoms with Crippen LogP contribution in [-0.4, -0.2) is 16.1 Å². The Bertz CT molecular complexity index is 961. The number of anilines is 4. The van der Waals surface area contributed by atoms with Gasteiger partial charge in [-0.1, -0.05) is 15.9 Å². The zero-order chi connectivity index (χ0) is 21.0. The van der Waals surface area contributed by atoms with Crippen molar-refractivity contribution in [2.45, 2.75) is 26.1 Å². The van der Waals surface area contributed by atoms with Crippen LogP contribution >= 0.6 is 15.9 Å². The third kappa shape index (κ3) is 5.83. The quantitative estimate of drug-likeness (QED) is 0.432.